The maximum Gasteiger partial charge on any atom is 0.303 e. The van der Waals surface area contributed by atoms with Gasteiger partial charge in [0.1, 0.15) is 0 Å². The van der Waals surface area contributed by atoms with E-state index in [-0.39, 0.29) is 30.6 Å². The number of carboxylic acid groups (broad SMARTS) is 1. The van der Waals surface area contributed by atoms with E-state index >= 15 is 0 Å². The molecule has 1 aromatic rings. The number of carbonyl (C=O) groups excluding carboxylic acids is 2. The summed E-state index contributed by atoms with van der Waals surface area (Å²) < 4.78 is 0. The van der Waals surface area contributed by atoms with Gasteiger partial charge in [0.15, 0.2) is 0 Å². The largest absolute Gasteiger partial charge is 0.481 e. The Morgan fingerprint density at radius 2 is 1.50 bits per heavy atom. The Hall–Kier alpha value is -2.37. The highest BCUT2D eigenvalue weighted by Gasteiger charge is 2.36. The molecule has 0 bridgehead atoms. The smallest absolute Gasteiger partial charge is 0.303 e. The highest BCUT2D eigenvalue weighted by molar-refractivity contribution is 5.95. The normalized spacial score (nSPS) is 18.8. The molecular weight excluding hydrogens is 332 g/mol. The second-order valence-electron chi connectivity index (χ2n) is 7.70. The van der Waals surface area contributed by atoms with Gasteiger partial charge in [-0.3, -0.25) is 14.4 Å². The van der Waals surface area contributed by atoms with Crippen molar-refractivity contribution in [1.82, 2.24) is 0 Å². The number of nitrogens with one attached hydrogen (secondary N) is 2. The van der Waals surface area contributed by atoms with Gasteiger partial charge < -0.3 is 15.7 Å². The molecule has 2 aliphatic rings. The molecule has 1 aromatic carbocycles. The van der Waals surface area contributed by atoms with Crippen LogP contribution in [0.5, 0.6) is 0 Å². The van der Waals surface area contributed by atoms with E-state index in [1.165, 1.54) is 0 Å². The van der Waals surface area contributed by atoms with Crippen LogP contribution >= 0.6 is 0 Å². The quantitative estimate of drug-likeness (QED) is 0.691. The standard InChI is InChI=1S/C20H26N2O4/c23-17(12-20(13-18(24)25)10-2-1-3-11-20)21-15-6-8-16(9-7-15)22-19(26)14-4-5-14/h6-9,14H,1-5,10-13H2,(H,21,23)(H,22,26)(H,24,25). The van der Waals surface area contributed by atoms with Gasteiger partial charge in [-0.15, -0.1) is 0 Å². The first-order valence-electron chi connectivity index (χ1n) is 9.38. The predicted molar refractivity (Wildman–Crippen MR) is 98.8 cm³/mol. The molecule has 6 heteroatoms. The van der Waals surface area contributed by atoms with Crippen LogP contribution in [0.1, 0.15) is 57.8 Å². The van der Waals surface area contributed by atoms with Crippen molar-refractivity contribution < 1.29 is 19.5 Å². The van der Waals surface area contributed by atoms with Gasteiger partial charge in [-0.05, 0) is 55.4 Å². The Bertz CT molecular complexity index is 674. The van der Waals surface area contributed by atoms with Gasteiger partial charge in [0.2, 0.25) is 11.8 Å². The van der Waals surface area contributed by atoms with E-state index in [0.717, 1.165) is 50.6 Å². The predicted octanol–water partition coefficient (Wildman–Crippen LogP) is 3.79. The molecule has 0 heterocycles. The van der Waals surface area contributed by atoms with Crippen LogP contribution in [0.3, 0.4) is 0 Å². The lowest BCUT2D eigenvalue weighted by Crippen LogP contribution is -2.32. The number of rotatable bonds is 7. The first kappa shape index (κ1) is 18.4. The van der Waals surface area contributed by atoms with Crippen molar-refractivity contribution in [1.29, 1.82) is 0 Å². The summed E-state index contributed by atoms with van der Waals surface area (Å²) in [6.45, 7) is 0. The van der Waals surface area contributed by atoms with Crippen LogP contribution < -0.4 is 10.6 Å². The number of carbonyl (C=O) groups is 3. The molecule has 2 fully saturated rings. The molecular formula is C20H26N2O4. The fraction of sp³-hybridized carbons (Fsp3) is 0.550. The van der Waals surface area contributed by atoms with Gasteiger partial charge in [-0.2, -0.15) is 0 Å². The van der Waals surface area contributed by atoms with E-state index in [2.05, 4.69) is 10.6 Å². The minimum absolute atomic E-state index is 0.0482. The van der Waals surface area contributed by atoms with Crippen molar-refractivity contribution in [2.45, 2.75) is 57.8 Å². The lowest BCUT2D eigenvalue weighted by molar-refractivity contribution is -0.141. The summed E-state index contributed by atoms with van der Waals surface area (Å²) in [6, 6.07) is 7.04. The fourth-order valence-electron chi connectivity index (χ4n) is 3.81. The second kappa shape index (κ2) is 7.89. The minimum Gasteiger partial charge on any atom is -0.481 e. The molecule has 140 valence electrons. The Labute approximate surface area is 153 Å². The van der Waals surface area contributed by atoms with Gasteiger partial charge >= 0.3 is 5.97 Å². The molecule has 0 spiro atoms. The van der Waals surface area contributed by atoms with Gasteiger partial charge in [0, 0.05) is 23.7 Å². The van der Waals surface area contributed by atoms with Crippen LogP contribution in [-0.4, -0.2) is 22.9 Å². The Kier molecular flexibility index (Phi) is 5.59. The Morgan fingerprint density at radius 1 is 0.923 bits per heavy atom. The molecule has 3 rings (SSSR count). The average molecular weight is 358 g/mol. The van der Waals surface area contributed by atoms with E-state index in [0.29, 0.717) is 5.69 Å². The highest BCUT2D eigenvalue weighted by atomic mass is 16.4. The third kappa shape index (κ3) is 5.07. The first-order valence-corrected chi connectivity index (χ1v) is 9.38. The molecule has 0 aromatic heterocycles. The Morgan fingerprint density at radius 3 is 2.04 bits per heavy atom. The maximum atomic E-state index is 12.5. The number of anilines is 2. The topological polar surface area (TPSA) is 95.5 Å². The van der Waals surface area contributed by atoms with Crippen molar-refractivity contribution in [3.63, 3.8) is 0 Å². The molecule has 0 saturated heterocycles. The number of hydrogen-bond donors (Lipinski definition) is 3. The maximum absolute atomic E-state index is 12.5. The molecule has 0 unspecified atom stereocenters. The number of carboxylic acids is 1. The number of benzene rings is 1. The van der Waals surface area contributed by atoms with Crippen LogP contribution in [0, 0.1) is 11.3 Å². The molecule has 3 N–H and O–H groups in total. The second-order valence-corrected chi connectivity index (χ2v) is 7.70. The molecule has 0 radical (unpaired) electrons. The van der Waals surface area contributed by atoms with E-state index < -0.39 is 11.4 Å². The minimum atomic E-state index is -0.838. The number of hydrogen-bond acceptors (Lipinski definition) is 3. The van der Waals surface area contributed by atoms with Crippen LogP contribution in [0.15, 0.2) is 24.3 Å². The summed E-state index contributed by atoms with van der Waals surface area (Å²) in [6.07, 6.45) is 6.85. The summed E-state index contributed by atoms with van der Waals surface area (Å²) in [5, 5.41) is 14.9. The van der Waals surface area contributed by atoms with E-state index in [1.807, 2.05) is 0 Å². The summed E-state index contributed by atoms with van der Waals surface area (Å²) in [5.41, 5.74) is 0.946. The molecule has 0 aliphatic heterocycles. The van der Waals surface area contributed by atoms with Crippen molar-refractivity contribution in [2.75, 3.05) is 10.6 Å². The van der Waals surface area contributed by atoms with Crippen molar-refractivity contribution in [3.05, 3.63) is 24.3 Å². The Balaban J connectivity index is 1.56. The first-order chi connectivity index (χ1) is 12.5. The molecule has 2 amide bonds. The van der Waals surface area contributed by atoms with E-state index in [4.69, 9.17) is 0 Å². The molecule has 2 saturated carbocycles. The number of aliphatic carboxylic acids is 1. The van der Waals surface area contributed by atoms with Crippen molar-refractivity contribution in [3.8, 4) is 0 Å². The van der Waals surface area contributed by atoms with Crippen LogP contribution in [-0.2, 0) is 14.4 Å². The van der Waals surface area contributed by atoms with Gasteiger partial charge in [0.25, 0.3) is 0 Å². The van der Waals surface area contributed by atoms with Gasteiger partial charge in [-0.1, -0.05) is 19.3 Å². The fourth-order valence-corrected chi connectivity index (χ4v) is 3.81. The lowest BCUT2D eigenvalue weighted by Gasteiger charge is -2.35. The molecule has 2 aliphatic carbocycles. The van der Waals surface area contributed by atoms with Crippen LogP contribution in [0.25, 0.3) is 0 Å². The van der Waals surface area contributed by atoms with Gasteiger partial charge in [0.05, 0.1) is 6.42 Å². The van der Waals surface area contributed by atoms with Crippen LogP contribution in [0.4, 0.5) is 11.4 Å². The SMILES string of the molecule is O=C(O)CC1(CC(=O)Nc2ccc(NC(=O)C3CC3)cc2)CCCCC1. The molecule has 26 heavy (non-hydrogen) atoms. The molecule has 6 nitrogen and oxygen atoms in total. The monoisotopic (exact) mass is 358 g/mol. The van der Waals surface area contributed by atoms with Crippen molar-refractivity contribution >= 4 is 29.2 Å². The third-order valence-corrected chi connectivity index (χ3v) is 5.36. The van der Waals surface area contributed by atoms with Crippen molar-refractivity contribution in [2.24, 2.45) is 11.3 Å². The van der Waals surface area contributed by atoms with E-state index in [1.54, 1.807) is 24.3 Å². The highest BCUT2D eigenvalue weighted by Crippen LogP contribution is 2.42. The lowest BCUT2D eigenvalue weighted by atomic mass is 9.69. The summed E-state index contributed by atoms with van der Waals surface area (Å²) in [5.74, 6) is -0.789. The van der Waals surface area contributed by atoms with Crippen LogP contribution in [0.2, 0.25) is 0 Å². The summed E-state index contributed by atoms with van der Waals surface area (Å²) in [7, 11) is 0. The average Bonchev–Trinajstić information content (AvgIpc) is 3.41. The summed E-state index contributed by atoms with van der Waals surface area (Å²) in [4.78, 5) is 35.4. The number of amides is 2. The zero-order chi connectivity index (χ0) is 18.6. The third-order valence-electron chi connectivity index (χ3n) is 5.36. The van der Waals surface area contributed by atoms with E-state index in [9.17, 15) is 19.5 Å². The van der Waals surface area contributed by atoms with Gasteiger partial charge in [-0.25, -0.2) is 0 Å². The zero-order valence-corrected chi connectivity index (χ0v) is 14.9. The summed E-state index contributed by atoms with van der Waals surface area (Å²) >= 11 is 0. The zero-order valence-electron chi connectivity index (χ0n) is 14.9. The molecule has 0 atom stereocenters.